The Balaban J connectivity index is 2.51. The molecule has 4 heteroatoms. The molecule has 25 heavy (non-hydrogen) atoms. The molecular weight excluding hydrogens is 312 g/mol. The van der Waals surface area contributed by atoms with E-state index in [0.29, 0.717) is 13.1 Å². The van der Waals surface area contributed by atoms with Gasteiger partial charge in [0.1, 0.15) is 0 Å². The molecule has 146 valence electrons. The van der Waals surface area contributed by atoms with Crippen LogP contribution in [0.3, 0.4) is 0 Å². The molecule has 1 fully saturated rings. The maximum Gasteiger partial charge on any atom is 0.311 e. The molecule has 0 unspecified atom stereocenters. The summed E-state index contributed by atoms with van der Waals surface area (Å²) < 4.78 is 0. The summed E-state index contributed by atoms with van der Waals surface area (Å²) in [4.78, 5) is 26.7. The molecule has 1 N–H and O–H groups in total. The van der Waals surface area contributed by atoms with Crippen LogP contribution >= 0.6 is 0 Å². The molecule has 0 radical (unpaired) electrons. The normalized spacial score (nSPS) is 18.0. The number of unbranched alkanes of at least 4 members (excludes halogenated alkanes) is 1. The number of rotatable bonds is 6. The van der Waals surface area contributed by atoms with Crippen molar-refractivity contribution in [1.29, 1.82) is 0 Å². The zero-order valence-electron chi connectivity index (χ0n) is 16.7. The van der Waals surface area contributed by atoms with Crippen LogP contribution in [0.4, 0.5) is 0 Å². The molecule has 0 spiro atoms. The van der Waals surface area contributed by atoms with Crippen molar-refractivity contribution in [2.24, 2.45) is 0 Å². The second-order valence-corrected chi connectivity index (χ2v) is 7.58. The molecular formula is C21H40N2O2. The van der Waals surface area contributed by atoms with Crippen LogP contribution in [0.15, 0.2) is 0 Å². The molecule has 0 aromatic heterocycles. The van der Waals surface area contributed by atoms with Crippen LogP contribution in [-0.2, 0) is 9.59 Å². The number of nitrogens with one attached hydrogen (secondary N) is 1. The Labute approximate surface area is 155 Å². The van der Waals surface area contributed by atoms with Crippen molar-refractivity contribution in [3.05, 3.63) is 0 Å². The summed E-state index contributed by atoms with van der Waals surface area (Å²) >= 11 is 0. The molecule has 0 saturated heterocycles. The second kappa shape index (κ2) is 14.1. The lowest BCUT2D eigenvalue weighted by Gasteiger charge is -2.24. The number of amides is 2. The van der Waals surface area contributed by atoms with Crippen molar-refractivity contribution < 1.29 is 9.59 Å². The van der Waals surface area contributed by atoms with E-state index in [1.54, 1.807) is 4.90 Å². The SMILES string of the molecule is CCCCN(CCC)C(=O)C(=O)NC1CCCCCCCCCCC1. The topological polar surface area (TPSA) is 49.4 Å². The predicted octanol–water partition coefficient (Wildman–Crippen LogP) is 4.81. The smallest absolute Gasteiger partial charge is 0.311 e. The van der Waals surface area contributed by atoms with Crippen molar-refractivity contribution >= 4 is 11.8 Å². The number of carbonyl (C=O) groups is 2. The minimum atomic E-state index is -0.387. The Bertz CT molecular complexity index is 359. The molecule has 0 aliphatic heterocycles. The molecule has 0 aromatic carbocycles. The summed E-state index contributed by atoms with van der Waals surface area (Å²) in [5.74, 6) is -0.719. The van der Waals surface area contributed by atoms with Crippen molar-refractivity contribution in [3.8, 4) is 0 Å². The molecule has 0 atom stereocenters. The van der Waals surface area contributed by atoms with E-state index in [9.17, 15) is 9.59 Å². The highest BCUT2D eigenvalue weighted by atomic mass is 16.2. The van der Waals surface area contributed by atoms with Crippen LogP contribution < -0.4 is 5.32 Å². The van der Waals surface area contributed by atoms with Crippen molar-refractivity contribution in [3.63, 3.8) is 0 Å². The van der Waals surface area contributed by atoms with Crippen molar-refractivity contribution in [2.75, 3.05) is 13.1 Å². The van der Waals surface area contributed by atoms with E-state index in [4.69, 9.17) is 0 Å². The molecule has 2 amide bonds. The number of nitrogens with zero attached hydrogens (tertiary/aromatic N) is 1. The van der Waals surface area contributed by atoms with E-state index in [-0.39, 0.29) is 17.9 Å². The summed E-state index contributed by atoms with van der Waals surface area (Å²) in [6.45, 7) is 5.54. The van der Waals surface area contributed by atoms with Gasteiger partial charge < -0.3 is 10.2 Å². The summed E-state index contributed by atoms with van der Waals surface area (Å²) in [5, 5.41) is 3.06. The van der Waals surface area contributed by atoms with Crippen LogP contribution in [0.25, 0.3) is 0 Å². The van der Waals surface area contributed by atoms with Gasteiger partial charge in [-0.05, 0) is 25.7 Å². The fourth-order valence-corrected chi connectivity index (χ4v) is 3.63. The fourth-order valence-electron chi connectivity index (χ4n) is 3.63. The van der Waals surface area contributed by atoms with E-state index in [0.717, 1.165) is 44.9 Å². The van der Waals surface area contributed by atoms with Crippen LogP contribution in [0.5, 0.6) is 0 Å². The highest BCUT2D eigenvalue weighted by Gasteiger charge is 2.23. The predicted molar refractivity (Wildman–Crippen MR) is 104 cm³/mol. The monoisotopic (exact) mass is 352 g/mol. The fraction of sp³-hybridized carbons (Fsp3) is 0.905. The van der Waals surface area contributed by atoms with Gasteiger partial charge in [-0.2, -0.15) is 0 Å². The Kier molecular flexibility index (Phi) is 12.4. The lowest BCUT2D eigenvalue weighted by molar-refractivity contribution is -0.146. The maximum absolute atomic E-state index is 12.5. The molecule has 1 aliphatic carbocycles. The minimum absolute atomic E-state index is 0.172. The van der Waals surface area contributed by atoms with Crippen molar-refractivity contribution in [2.45, 2.75) is 110 Å². The van der Waals surface area contributed by atoms with E-state index in [1.807, 2.05) is 0 Å². The zero-order chi connectivity index (χ0) is 18.3. The van der Waals surface area contributed by atoms with Gasteiger partial charge >= 0.3 is 11.8 Å². The lowest BCUT2D eigenvalue weighted by atomic mass is 9.98. The molecule has 4 nitrogen and oxygen atoms in total. The summed E-state index contributed by atoms with van der Waals surface area (Å²) in [7, 11) is 0. The molecule has 1 rings (SSSR count). The first-order valence-electron chi connectivity index (χ1n) is 10.8. The Hall–Kier alpha value is -1.06. The average Bonchev–Trinajstić information content (AvgIpc) is 2.60. The highest BCUT2D eigenvalue weighted by Crippen LogP contribution is 2.17. The van der Waals surface area contributed by atoms with Gasteiger partial charge in [0.2, 0.25) is 0 Å². The van der Waals surface area contributed by atoms with Gasteiger partial charge in [-0.15, -0.1) is 0 Å². The molecule has 0 aromatic rings. The summed E-state index contributed by atoms with van der Waals surface area (Å²) in [6, 6.07) is 0.172. The van der Waals surface area contributed by atoms with Gasteiger partial charge in [-0.3, -0.25) is 9.59 Å². The quantitative estimate of drug-likeness (QED) is 0.697. The van der Waals surface area contributed by atoms with Gasteiger partial charge in [0.05, 0.1) is 0 Å². The summed E-state index contributed by atoms with van der Waals surface area (Å²) in [6.07, 6.45) is 16.4. The van der Waals surface area contributed by atoms with Crippen LogP contribution in [0.1, 0.15) is 104 Å². The van der Waals surface area contributed by atoms with E-state index < -0.39 is 0 Å². The van der Waals surface area contributed by atoms with E-state index in [2.05, 4.69) is 19.2 Å². The van der Waals surface area contributed by atoms with Crippen molar-refractivity contribution in [1.82, 2.24) is 10.2 Å². The van der Waals surface area contributed by atoms with Crippen LogP contribution in [0.2, 0.25) is 0 Å². The number of hydrogen-bond acceptors (Lipinski definition) is 2. The van der Waals surface area contributed by atoms with Crippen LogP contribution in [0, 0.1) is 0 Å². The average molecular weight is 353 g/mol. The van der Waals surface area contributed by atoms with E-state index in [1.165, 1.54) is 44.9 Å². The maximum atomic E-state index is 12.5. The number of hydrogen-bond donors (Lipinski definition) is 1. The number of carbonyl (C=O) groups excluding carboxylic acids is 2. The Morgan fingerprint density at radius 2 is 1.32 bits per heavy atom. The highest BCUT2D eigenvalue weighted by molar-refractivity contribution is 6.35. The third-order valence-electron chi connectivity index (χ3n) is 5.20. The minimum Gasteiger partial charge on any atom is -0.345 e. The summed E-state index contributed by atoms with van der Waals surface area (Å²) in [5.41, 5.74) is 0. The Morgan fingerprint density at radius 1 is 0.800 bits per heavy atom. The molecule has 1 saturated carbocycles. The first-order valence-corrected chi connectivity index (χ1v) is 10.8. The standard InChI is InChI=1S/C21H40N2O2/c1-3-5-18-23(17-4-2)21(25)20(24)22-19-15-13-11-9-7-6-8-10-12-14-16-19/h19H,3-18H2,1-2H3,(H,22,24). The molecule has 0 heterocycles. The first-order chi connectivity index (χ1) is 12.2. The zero-order valence-corrected chi connectivity index (χ0v) is 16.7. The molecule has 1 aliphatic rings. The van der Waals surface area contributed by atoms with Gasteiger partial charge in [-0.1, -0.05) is 78.1 Å². The van der Waals surface area contributed by atoms with Gasteiger partial charge in [0.15, 0.2) is 0 Å². The molecule has 0 bridgehead atoms. The largest absolute Gasteiger partial charge is 0.345 e. The second-order valence-electron chi connectivity index (χ2n) is 7.58. The third-order valence-corrected chi connectivity index (χ3v) is 5.20. The third kappa shape index (κ3) is 9.86. The first kappa shape index (κ1) is 22.0. The van der Waals surface area contributed by atoms with Gasteiger partial charge in [0.25, 0.3) is 0 Å². The van der Waals surface area contributed by atoms with Gasteiger partial charge in [0, 0.05) is 19.1 Å². The van der Waals surface area contributed by atoms with E-state index >= 15 is 0 Å². The lowest BCUT2D eigenvalue weighted by Crippen LogP contribution is -2.47. The van der Waals surface area contributed by atoms with Crippen LogP contribution in [-0.4, -0.2) is 35.8 Å². The van der Waals surface area contributed by atoms with Gasteiger partial charge in [-0.25, -0.2) is 0 Å². The Morgan fingerprint density at radius 3 is 1.80 bits per heavy atom.